The molecule has 0 saturated carbocycles. The molecule has 0 unspecified atom stereocenters. The van der Waals surface area contributed by atoms with E-state index in [1.54, 1.807) is 19.1 Å². The molecular formula is C28H22F2N2O5S2. The molecule has 5 rings (SSSR count). The summed E-state index contributed by atoms with van der Waals surface area (Å²) in [6.45, 7) is -1.11. The van der Waals surface area contributed by atoms with Gasteiger partial charge in [-0.2, -0.15) is 8.78 Å². The van der Waals surface area contributed by atoms with Gasteiger partial charge in [-0.1, -0.05) is 53.8 Å². The Kier molecular flexibility index (Phi) is 7.71. The summed E-state index contributed by atoms with van der Waals surface area (Å²) in [5, 5.41) is 1.88. The molecule has 3 heterocycles. The number of fused-ring (bicyclic) bond motifs is 1. The van der Waals surface area contributed by atoms with Crippen molar-refractivity contribution >= 4 is 40.4 Å². The number of thiophene rings is 1. The second kappa shape index (κ2) is 11.3. The molecule has 0 saturated heterocycles. The highest BCUT2D eigenvalue weighted by atomic mass is 32.1. The van der Waals surface area contributed by atoms with Gasteiger partial charge in [0.2, 0.25) is 0 Å². The van der Waals surface area contributed by atoms with Crippen LogP contribution >= 0.6 is 22.7 Å². The van der Waals surface area contributed by atoms with Crippen LogP contribution in [0.3, 0.4) is 0 Å². The third-order valence-electron chi connectivity index (χ3n) is 5.89. The Hall–Kier alpha value is -4.09. The maximum atomic E-state index is 13.8. The van der Waals surface area contributed by atoms with E-state index in [0.29, 0.717) is 20.6 Å². The number of methoxy groups -OCH3 is 1. The average molecular weight is 569 g/mol. The van der Waals surface area contributed by atoms with Crippen LogP contribution in [-0.2, 0) is 9.53 Å². The number of carbonyl (C=O) groups is 1. The maximum absolute atomic E-state index is 13.8. The van der Waals surface area contributed by atoms with Gasteiger partial charge in [-0.3, -0.25) is 9.36 Å². The first-order valence-corrected chi connectivity index (χ1v) is 13.6. The van der Waals surface area contributed by atoms with Crippen LogP contribution in [0.15, 0.2) is 81.4 Å². The van der Waals surface area contributed by atoms with Crippen LogP contribution in [0.25, 0.3) is 11.8 Å². The zero-order chi connectivity index (χ0) is 27.5. The minimum absolute atomic E-state index is 0.101. The lowest BCUT2D eigenvalue weighted by molar-refractivity contribution is -0.138. The second-order valence-corrected chi connectivity index (χ2v) is 10.2. The second-order valence-electron chi connectivity index (χ2n) is 8.24. The number of rotatable bonds is 8. The highest BCUT2D eigenvalue weighted by Crippen LogP contribution is 2.37. The van der Waals surface area contributed by atoms with Crippen molar-refractivity contribution in [2.45, 2.75) is 19.6 Å². The molecule has 2 aromatic carbocycles. The third-order valence-corrected chi connectivity index (χ3v) is 7.80. The number of nitrogens with zero attached hydrogens (tertiary/aromatic N) is 2. The average Bonchev–Trinajstić information content (AvgIpc) is 3.57. The van der Waals surface area contributed by atoms with Crippen molar-refractivity contribution in [1.29, 1.82) is 0 Å². The fourth-order valence-corrected chi connectivity index (χ4v) is 6.10. The van der Waals surface area contributed by atoms with Gasteiger partial charge in [-0.05, 0) is 42.1 Å². The first-order chi connectivity index (χ1) is 18.9. The van der Waals surface area contributed by atoms with Crippen LogP contribution in [0.5, 0.6) is 11.5 Å². The van der Waals surface area contributed by atoms with E-state index in [2.05, 4.69) is 4.74 Å². The van der Waals surface area contributed by atoms with E-state index in [0.717, 1.165) is 10.4 Å². The van der Waals surface area contributed by atoms with Gasteiger partial charge < -0.3 is 14.2 Å². The first kappa shape index (κ1) is 26.5. The van der Waals surface area contributed by atoms with Gasteiger partial charge in [-0.25, -0.2) is 9.79 Å². The molecule has 7 nitrogen and oxygen atoms in total. The van der Waals surface area contributed by atoms with Crippen molar-refractivity contribution in [2.24, 2.45) is 4.99 Å². The Labute approximate surface area is 229 Å². The third kappa shape index (κ3) is 5.27. The van der Waals surface area contributed by atoms with E-state index in [-0.39, 0.29) is 29.2 Å². The highest BCUT2D eigenvalue weighted by molar-refractivity contribution is 7.10. The van der Waals surface area contributed by atoms with Crippen molar-refractivity contribution in [1.82, 2.24) is 4.57 Å². The lowest BCUT2D eigenvalue weighted by atomic mass is 9.97. The summed E-state index contributed by atoms with van der Waals surface area (Å²) in [6, 6.07) is 16.7. The predicted molar refractivity (Wildman–Crippen MR) is 145 cm³/mol. The largest absolute Gasteiger partial charge is 0.493 e. The van der Waals surface area contributed by atoms with E-state index >= 15 is 0 Å². The van der Waals surface area contributed by atoms with E-state index in [1.165, 1.54) is 46.5 Å². The molecule has 0 amide bonds. The smallest absolute Gasteiger partial charge is 0.387 e. The van der Waals surface area contributed by atoms with Crippen LogP contribution in [0.1, 0.15) is 29.0 Å². The molecule has 11 heteroatoms. The summed E-state index contributed by atoms with van der Waals surface area (Å²) >= 11 is 2.59. The van der Waals surface area contributed by atoms with Gasteiger partial charge in [0.1, 0.15) is 6.04 Å². The fourth-order valence-electron chi connectivity index (χ4n) is 4.28. The molecule has 0 aliphatic carbocycles. The normalized spacial score (nSPS) is 15.2. The number of halogens is 2. The van der Waals surface area contributed by atoms with Crippen LogP contribution in [-0.4, -0.2) is 30.9 Å². The summed E-state index contributed by atoms with van der Waals surface area (Å²) in [6.07, 6.45) is 1.63. The molecule has 0 bridgehead atoms. The predicted octanol–water partition coefficient (Wildman–Crippen LogP) is 4.61. The number of aromatic nitrogens is 1. The number of ether oxygens (including phenoxy) is 3. The van der Waals surface area contributed by atoms with Gasteiger partial charge in [0, 0.05) is 10.4 Å². The Morgan fingerprint density at radius 2 is 1.92 bits per heavy atom. The minimum Gasteiger partial charge on any atom is -0.493 e. The van der Waals surface area contributed by atoms with Gasteiger partial charge in [0.25, 0.3) is 5.56 Å². The number of hydrogen-bond donors (Lipinski definition) is 0. The topological polar surface area (TPSA) is 79.1 Å². The number of benzene rings is 2. The lowest BCUT2D eigenvalue weighted by Gasteiger charge is -2.24. The molecule has 1 atom stereocenters. The van der Waals surface area contributed by atoms with Gasteiger partial charge in [-0.15, -0.1) is 11.3 Å². The van der Waals surface area contributed by atoms with E-state index in [9.17, 15) is 18.4 Å². The van der Waals surface area contributed by atoms with Gasteiger partial charge in [0.05, 0.1) is 29.5 Å². The molecule has 39 heavy (non-hydrogen) atoms. The molecule has 0 spiro atoms. The SMILES string of the molecule is CCOC(=O)C1=C(c2ccccc2)N=c2s/c(=C/c3ccc(OC(F)F)c(OC)c3)c(=O)n2[C@@H]1c1cccs1. The highest BCUT2D eigenvalue weighted by Gasteiger charge is 2.35. The lowest BCUT2D eigenvalue weighted by Crippen LogP contribution is -2.39. The number of alkyl halides is 2. The maximum Gasteiger partial charge on any atom is 0.387 e. The standard InChI is InChI=1S/C28H22F2N2O5S2/c1-3-36-26(34)22-23(17-8-5-4-6-9-17)31-28-32(24(22)20-10-7-13-38-20)25(33)21(39-28)15-16-11-12-18(37-27(29)30)19(14-16)35-2/h4-15,24,27H,3H2,1-2H3/b21-15+/t24-/m1/s1. The van der Waals surface area contributed by atoms with Crippen LogP contribution in [0.4, 0.5) is 8.78 Å². The van der Waals surface area contributed by atoms with Crippen LogP contribution < -0.4 is 24.4 Å². The number of carbonyl (C=O) groups excluding carboxylic acids is 1. The van der Waals surface area contributed by atoms with E-state index in [1.807, 2.05) is 47.8 Å². The van der Waals surface area contributed by atoms with E-state index in [4.69, 9.17) is 14.5 Å². The molecule has 0 fully saturated rings. The van der Waals surface area contributed by atoms with Crippen molar-refractivity contribution < 1.29 is 27.8 Å². The zero-order valence-electron chi connectivity index (χ0n) is 20.8. The first-order valence-electron chi connectivity index (χ1n) is 11.9. The van der Waals surface area contributed by atoms with Crippen molar-refractivity contribution in [3.63, 3.8) is 0 Å². The summed E-state index contributed by atoms with van der Waals surface area (Å²) in [5.41, 5.74) is 1.63. The quantitative estimate of drug-likeness (QED) is 0.290. The van der Waals surface area contributed by atoms with Crippen LogP contribution in [0, 0.1) is 0 Å². The Balaban J connectivity index is 1.73. The molecule has 4 aromatic rings. The summed E-state index contributed by atoms with van der Waals surface area (Å²) < 4.78 is 42.5. The molecule has 1 aliphatic rings. The van der Waals surface area contributed by atoms with Crippen LogP contribution in [0.2, 0.25) is 0 Å². The molecule has 0 radical (unpaired) electrons. The Morgan fingerprint density at radius 3 is 2.59 bits per heavy atom. The minimum atomic E-state index is -3.00. The van der Waals surface area contributed by atoms with Crippen molar-refractivity contribution in [2.75, 3.05) is 13.7 Å². The zero-order valence-corrected chi connectivity index (χ0v) is 22.4. The Bertz CT molecular complexity index is 1710. The van der Waals surface area contributed by atoms with Gasteiger partial charge >= 0.3 is 12.6 Å². The number of hydrogen-bond acceptors (Lipinski definition) is 8. The summed E-state index contributed by atoms with van der Waals surface area (Å²) in [7, 11) is 1.34. The number of esters is 1. The molecule has 0 N–H and O–H groups in total. The van der Waals surface area contributed by atoms with E-state index < -0.39 is 18.6 Å². The Morgan fingerprint density at radius 1 is 1.13 bits per heavy atom. The molecular weight excluding hydrogens is 546 g/mol. The van der Waals surface area contributed by atoms with Crippen molar-refractivity contribution in [3.05, 3.63) is 107 Å². The van der Waals surface area contributed by atoms with Crippen molar-refractivity contribution in [3.8, 4) is 11.5 Å². The summed E-state index contributed by atoms with van der Waals surface area (Å²) in [4.78, 5) is 33.1. The fraction of sp³-hybridized carbons (Fsp3) is 0.179. The molecule has 1 aliphatic heterocycles. The number of thiazole rings is 1. The van der Waals surface area contributed by atoms with Gasteiger partial charge in [0.15, 0.2) is 16.3 Å². The monoisotopic (exact) mass is 568 g/mol. The molecule has 2 aromatic heterocycles. The molecule has 200 valence electrons. The summed E-state index contributed by atoms with van der Waals surface area (Å²) in [5.74, 6) is -0.563.